The van der Waals surface area contributed by atoms with Crippen LogP contribution in [-0.4, -0.2) is 54.8 Å². The zero-order valence-electron chi connectivity index (χ0n) is 16.7. The number of oxime groups is 1. The van der Waals surface area contributed by atoms with Crippen molar-refractivity contribution >= 4 is 54.1 Å². The van der Waals surface area contributed by atoms with Crippen LogP contribution in [-0.2, 0) is 19.7 Å². The second-order valence-corrected chi connectivity index (χ2v) is 10.5. The van der Waals surface area contributed by atoms with Crippen LogP contribution in [0.25, 0.3) is 0 Å². The van der Waals surface area contributed by atoms with Gasteiger partial charge in [-0.1, -0.05) is 11.6 Å². The average molecular weight is 592 g/mol. The molecule has 172 valence electrons. The Bertz CT molecular complexity index is 1110. The second kappa shape index (κ2) is 10.6. The highest BCUT2D eigenvalue weighted by molar-refractivity contribution is 9.11. The summed E-state index contributed by atoms with van der Waals surface area (Å²) in [6.45, 7) is 0.288. The van der Waals surface area contributed by atoms with Crippen molar-refractivity contribution in [2.24, 2.45) is 5.16 Å². The van der Waals surface area contributed by atoms with Gasteiger partial charge < -0.3 is 19.8 Å². The van der Waals surface area contributed by atoms with Crippen LogP contribution in [0.3, 0.4) is 0 Å². The highest BCUT2D eigenvalue weighted by Gasteiger charge is 2.29. The number of aromatic hydroxyl groups is 1. The van der Waals surface area contributed by atoms with Crippen molar-refractivity contribution in [3.63, 3.8) is 0 Å². The number of carboxylic acid groups (broad SMARTS) is 1. The maximum Gasteiger partial charge on any atom is 0.344 e. The molecule has 3 rings (SSSR count). The second-order valence-electron chi connectivity index (χ2n) is 6.91. The molecule has 1 aliphatic heterocycles. The van der Waals surface area contributed by atoms with Crippen molar-refractivity contribution in [2.75, 3.05) is 19.7 Å². The summed E-state index contributed by atoms with van der Waals surface area (Å²) in [7, 11) is -3.85. The lowest BCUT2D eigenvalue weighted by Crippen LogP contribution is -2.35. The molecule has 1 heterocycles. The van der Waals surface area contributed by atoms with Gasteiger partial charge in [-0.15, -0.1) is 0 Å². The Hall–Kier alpha value is -2.15. The summed E-state index contributed by atoms with van der Waals surface area (Å²) in [6.07, 6.45) is 3.89. The van der Waals surface area contributed by atoms with E-state index in [4.69, 9.17) is 9.84 Å². The van der Waals surface area contributed by atoms with E-state index in [9.17, 15) is 18.3 Å². The number of hydrogen-bond donors (Lipinski definition) is 2. The largest absolute Gasteiger partial charge is 0.507 e. The smallest absolute Gasteiger partial charge is 0.344 e. The van der Waals surface area contributed by atoms with Gasteiger partial charge in [-0.25, -0.2) is 13.2 Å². The van der Waals surface area contributed by atoms with E-state index >= 15 is 0 Å². The number of sulfonamides is 1. The Kier molecular flexibility index (Phi) is 8.15. The van der Waals surface area contributed by atoms with Crippen molar-refractivity contribution in [1.82, 2.24) is 4.31 Å². The number of halogens is 2. The summed E-state index contributed by atoms with van der Waals surface area (Å²) in [4.78, 5) is 14.9. The summed E-state index contributed by atoms with van der Waals surface area (Å²) < 4.78 is 34.3. The maximum absolute atomic E-state index is 13.0. The minimum atomic E-state index is -3.85. The van der Waals surface area contributed by atoms with E-state index in [0.717, 1.165) is 19.3 Å². The summed E-state index contributed by atoms with van der Waals surface area (Å²) >= 11 is 6.79. The van der Waals surface area contributed by atoms with Crippen LogP contribution in [0, 0.1) is 0 Å². The number of aliphatic carboxylic acids is 1. The highest BCUT2D eigenvalue weighted by atomic mass is 79.9. The molecule has 0 unspecified atom stereocenters. The van der Waals surface area contributed by atoms with E-state index in [1.807, 2.05) is 0 Å². The normalized spacial score (nSPS) is 15.1. The molecule has 2 aromatic rings. The quantitative estimate of drug-likeness (QED) is 0.346. The minimum absolute atomic E-state index is 0.205. The summed E-state index contributed by atoms with van der Waals surface area (Å²) in [5, 5.41) is 22.3. The number of phenols is 1. The Morgan fingerprint density at radius 1 is 1.12 bits per heavy atom. The third kappa shape index (κ3) is 6.00. The molecular weight excluding hydrogens is 572 g/mol. The van der Waals surface area contributed by atoms with Crippen LogP contribution in [0.5, 0.6) is 17.2 Å². The summed E-state index contributed by atoms with van der Waals surface area (Å²) in [6, 6.07) is 7.39. The van der Waals surface area contributed by atoms with Crippen LogP contribution in [0.15, 0.2) is 49.3 Å². The van der Waals surface area contributed by atoms with Gasteiger partial charge in [0.2, 0.25) is 16.6 Å². The van der Waals surface area contributed by atoms with E-state index < -0.39 is 22.6 Å². The molecule has 1 saturated heterocycles. The predicted octanol–water partition coefficient (Wildman–Crippen LogP) is 4.32. The van der Waals surface area contributed by atoms with E-state index in [1.54, 1.807) is 12.1 Å². The monoisotopic (exact) mass is 590 g/mol. The lowest BCUT2D eigenvalue weighted by molar-refractivity contribution is -0.142. The van der Waals surface area contributed by atoms with Gasteiger partial charge in [0.1, 0.15) is 16.4 Å². The van der Waals surface area contributed by atoms with Gasteiger partial charge >= 0.3 is 5.97 Å². The third-order valence-corrected chi connectivity index (χ3v) is 7.67. The number of nitrogens with zero attached hydrogens (tertiary/aromatic N) is 2. The van der Waals surface area contributed by atoms with Gasteiger partial charge in [0.25, 0.3) is 0 Å². The number of benzene rings is 2. The van der Waals surface area contributed by atoms with Crippen molar-refractivity contribution < 1.29 is 33.0 Å². The Morgan fingerprint density at radius 2 is 1.78 bits per heavy atom. The predicted molar refractivity (Wildman–Crippen MR) is 124 cm³/mol. The molecule has 1 fully saturated rings. The lowest BCUT2D eigenvalue weighted by Gasteiger charge is -2.26. The molecule has 1 aliphatic rings. The molecule has 2 N–H and O–H groups in total. The molecule has 12 heteroatoms. The molecule has 0 aromatic heterocycles. The van der Waals surface area contributed by atoms with Crippen LogP contribution in [0.2, 0.25) is 0 Å². The number of phenolic OH excluding ortho intramolecular Hbond substituents is 1. The number of carbonyl (C=O) groups is 1. The lowest BCUT2D eigenvalue weighted by atomic mass is 10.2. The maximum atomic E-state index is 13.0. The topological polar surface area (TPSA) is 126 Å². The van der Waals surface area contributed by atoms with E-state index in [0.29, 0.717) is 33.3 Å². The highest BCUT2D eigenvalue weighted by Crippen LogP contribution is 2.39. The zero-order chi connectivity index (χ0) is 23.3. The van der Waals surface area contributed by atoms with Gasteiger partial charge in [-0.3, -0.25) is 0 Å². The van der Waals surface area contributed by atoms with E-state index in [1.165, 1.54) is 28.7 Å². The number of piperidine rings is 1. The molecule has 2 aromatic carbocycles. The zero-order valence-corrected chi connectivity index (χ0v) is 20.7. The molecule has 0 radical (unpaired) electrons. The molecule has 0 atom stereocenters. The van der Waals surface area contributed by atoms with Crippen LogP contribution in [0.4, 0.5) is 0 Å². The van der Waals surface area contributed by atoms with Gasteiger partial charge in [0.05, 0.1) is 15.2 Å². The molecular formula is C20H20Br2N2O7S. The first-order valence-electron chi connectivity index (χ1n) is 9.55. The van der Waals surface area contributed by atoms with Gasteiger partial charge in [0.15, 0.2) is 5.75 Å². The van der Waals surface area contributed by atoms with Crippen molar-refractivity contribution in [3.8, 4) is 17.2 Å². The van der Waals surface area contributed by atoms with Gasteiger partial charge in [-0.2, -0.15) is 4.31 Å². The van der Waals surface area contributed by atoms with E-state index in [-0.39, 0.29) is 16.4 Å². The van der Waals surface area contributed by atoms with Gasteiger partial charge in [-0.05, 0) is 74.5 Å². The fourth-order valence-electron chi connectivity index (χ4n) is 3.07. The Morgan fingerprint density at radius 3 is 2.41 bits per heavy atom. The standard InChI is InChI=1S/C20H20Br2N2O7S/c21-15-8-13(11-23-30-12-19(26)27)9-16(22)20(15)31-14-4-5-17(25)18(10-14)32(28,29)24-6-2-1-3-7-24/h4-5,8-11,25H,1-3,6-7,12H2,(H,26,27). The van der Waals surface area contributed by atoms with Crippen LogP contribution in [0.1, 0.15) is 24.8 Å². The first kappa shape index (κ1) is 24.5. The fraction of sp³-hybridized carbons (Fsp3) is 0.300. The molecule has 0 bridgehead atoms. The number of ether oxygens (including phenoxy) is 1. The van der Waals surface area contributed by atoms with Crippen molar-refractivity contribution in [1.29, 1.82) is 0 Å². The first-order chi connectivity index (χ1) is 15.2. The summed E-state index contributed by atoms with van der Waals surface area (Å²) in [5.74, 6) is -0.871. The van der Waals surface area contributed by atoms with Crippen molar-refractivity contribution in [2.45, 2.75) is 24.2 Å². The van der Waals surface area contributed by atoms with Crippen molar-refractivity contribution in [3.05, 3.63) is 44.8 Å². The van der Waals surface area contributed by atoms with E-state index in [2.05, 4.69) is 41.9 Å². The molecule has 32 heavy (non-hydrogen) atoms. The van der Waals surface area contributed by atoms with Gasteiger partial charge in [0, 0.05) is 19.2 Å². The van der Waals surface area contributed by atoms with Crippen LogP contribution >= 0.6 is 31.9 Å². The van der Waals surface area contributed by atoms with Crippen LogP contribution < -0.4 is 4.74 Å². The third-order valence-electron chi connectivity index (χ3n) is 4.57. The number of hydrogen-bond acceptors (Lipinski definition) is 7. The SMILES string of the molecule is O=C(O)CON=Cc1cc(Br)c(Oc2ccc(O)c(S(=O)(=O)N3CCCCC3)c2)c(Br)c1. The summed E-state index contributed by atoms with van der Waals surface area (Å²) in [5.41, 5.74) is 0.598. The minimum Gasteiger partial charge on any atom is -0.507 e. The molecule has 0 spiro atoms. The molecule has 0 aliphatic carbocycles. The first-order valence-corrected chi connectivity index (χ1v) is 12.6. The number of rotatable bonds is 8. The molecule has 0 amide bonds. The Labute approximate surface area is 201 Å². The molecule has 0 saturated carbocycles. The average Bonchev–Trinajstić information content (AvgIpc) is 2.75. The molecule has 9 nitrogen and oxygen atoms in total. The fourth-order valence-corrected chi connectivity index (χ4v) is 6.07. The Balaban J connectivity index is 1.83. The number of carboxylic acids is 1.